The van der Waals surface area contributed by atoms with Gasteiger partial charge in [-0.2, -0.15) is 0 Å². The van der Waals surface area contributed by atoms with E-state index in [1.165, 1.54) is 0 Å². The molecule has 0 radical (unpaired) electrons. The van der Waals surface area contributed by atoms with Gasteiger partial charge in [-0.3, -0.25) is 0 Å². The van der Waals surface area contributed by atoms with Gasteiger partial charge in [0.2, 0.25) is 5.95 Å². The highest BCUT2D eigenvalue weighted by Crippen LogP contribution is 2.21. The summed E-state index contributed by atoms with van der Waals surface area (Å²) in [6.45, 7) is 9.88. The fraction of sp³-hybridized carbons (Fsp3) is 0.125. The highest BCUT2D eigenvalue weighted by molar-refractivity contribution is 5.71. The van der Waals surface area contributed by atoms with Crippen LogP contribution in [-0.4, -0.2) is 9.97 Å². The first kappa shape index (κ1) is 13.0. The second-order valence-corrected chi connectivity index (χ2v) is 4.14. The summed E-state index contributed by atoms with van der Waals surface area (Å²) in [6, 6.07) is 9.83. The van der Waals surface area contributed by atoms with Gasteiger partial charge < -0.3 is 5.32 Å². The Labute approximate surface area is 113 Å². The van der Waals surface area contributed by atoms with Crippen molar-refractivity contribution in [2.24, 2.45) is 0 Å². The first-order valence-corrected chi connectivity index (χ1v) is 6.24. The minimum atomic E-state index is 0.564. The van der Waals surface area contributed by atoms with Crippen molar-refractivity contribution in [1.29, 1.82) is 0 Å². The summed E-state index contributed by atoms with van der Waals surface area (Å²) in [5, 5.41) is 3.16. The van der Waals surface area contributed by atoms with E-state index < -0.39 is 0 Å². The number of allylic oxidation sites excluding steroid dienone is 1. The number of para-hydroxylation sites is 1. The summed E-state index contributed by atoms with van der Waals surface area (Å²) in [5.74, 6) is 0.564. The Kier molecular flexibility index (Phi) is 4.08. The molecular formula is C16H17N3. The average molecular weight is 251 g/mol. The van der Waals surface area contributed by atoms with Gasteiger partial charge in [-0.05, 0) is 30.2 Å². The van der Waals surface area contributed by atoms with E-state index in [0.29, 0.717) is 5.95 Å². The Morgan fingerprint density at radius 3 is 2.68 bits per heavy atom. The second-order valence-electron chi connectivity index (χ2n) is 4.14. The number of hydrogen-bond donors (Lipinski definition) is 1. The van der Waals surface area contributed by atoms with Gasteiger partial charge in [0.1, 0.15) is 0 Å². The summed E-state index contributed by atoms with van der Waals surface area (Å²) in [4.78, 5) is 8.78. The molecule has 0 saturated carbocycles. The molecule has 0 fully saturated rings. The van der Waals surface area contributed by atoms with Crippen LogP contribution in [0.1, 0.15) is 24.6 Å². The van der Waals surface area contributed by atoms with E-state index in [2.05, 4.69) is 35.4 Å². The van der Waals surface area contributed by atoms with Gasteiger partial charge in [0.25, 0.3) is 0 Å². The van der Waals surface area contributed by atoms with E-state index in [1.807, 2.05) is 30.3 Å². The van der Waals surface area contributed by atoms with E-state index in [4.69, 9.17) is 0 Å². The third-order valence-electron chi connectivity index (χ3n) is 2.85. The number of hydrogen-bond acceptors (Lipinski definition) is 3. The van der Waals surface area contributed by atoms with Gasteiger partial charge in [0.05, 0.1) is 5.69 Å². The summed E-state index contributed by atoms with van der Waals surface area (Å²) < 4.78 is 0. The van der Waals surface area contributed by atoms with Crippen molar-refractivity contribution >= 4 is 23.3 Å². The molecule has 0 spiro atoms. The topological polar surface area (TPSA) is 37.8 Å². The maximum absolute atomic E-state index is 4.45. The predicted octanol–water partition coefficient (Wildman–Crippen LogP) is 4.29. The SMILES string of the molecule is C=Cc1nc(Nc2ccccc2)ncc1C(=C)CC. The molecule has 1 aromatic carbocycles. The van der Waals surface area contributed by atoms with Crippen molar-refractivity contribution in [1.82, 2.24) is 9.97 Å². The Hall–Kier alpha value is -2.42. The second kappa shape index (κ2) is 5.96. The van der Waals surface area contributed by atoms with E-state index in [9.17, 15) is 0 Å². The minimum Gasteiger partial charge on any atom is -0.324 e. The Morgan fingerprint density at radius 1 is 1.32 bits per heavy atom. The van der Waals surface area contributed by atoms with Crippen molar-refractivity contribution in [2.75, 3.05) is 5.32 Å². The molecule has 0 aliphatic carbocycles. The molecule has 3 nitrogen and oxygen atoms in total. The van der Waals surface area contributed by atoms with E-state index in [-0.39, 0.29) is 0 Å². The number of nitrogens with one attached hydrogen (secondary N) is 1. The third-order valence-corrected chi connectivity index (χ3v) is 2.85. The highest BCUT2D eigenvalue weighted by Gasteiger charge is 2.06. The molecule has 2 aromatic rings. The van der Waals surface area contributed by atoms with Crippen LogP contribution < -0.4 is 5.32 Å². The Balaban J connectivity index is 2.29. The van der Waals surface area contributed by atoms with Crippen LogP contribution in [0.2, 0.25) is 0 Å². The molecule has 2 rings (SSSR count). The smallest absolute Gasteiger partial charge is 0.227 e. The van der Waals surface area contributed by atoms with Crippen LogP contribution in [0.25, 0.3) is 11.6 Å². The predicted molar refractivity (Wildman–Crippen MR) is 81.2 cm³/mol. The van der Waals surface area contributed by atoms with E-state index in [0.717, 1.165) is 28.9 Å². The zero-order valence-electron chi connectivity index (χ0n) is 11.1. The molecule has 1 heterocycles. The molecule has 0 saturated heterocycles. The maximum Gasteiger partial charge on any atom is 0.227 e. The van der Waals surface area contributed by atoms with Gasteiger partial charge in [0, 0.05) is 17.4 Å². The Morgan fingerprint density at radius 2 is 2.05 bits per heavy atom. The van der Waals surface area contributed by atoms with Crippen molar-refractivity contribution in [3.63, 3.8) is 0 Å². The monoisotopic (exact) mass is 251 g/mol. The lowest BCUT2D eigenvalue weighted by atomic mass is 10.1. The van der Waals surface area contributed by atoms with Crippen LogP contribution in [0.4, 0.5) is 11.6 Å². The lowest BCUT2D eigenvalue weighted by Crippen LogP contribution is -2.01. The van der Waals surface area contributed by atoms with Crippen LogP contribution in [0.15, 0.2) is 49.7 Å². The van der Waals surface area contributed by atoms with Crippen molar-refractivity contribution in [2.45, 2.75) is 13.3 Å². The summed E-state index contributed by atoms with van der Waals surface area (Å²) >= 11 is 0. The zero-order chi connectivity index (χ0) is 13.7. The summed E-state index contributed by atoms with van der Waals surface area (Å²) in [5.41, 5.74) is 3.73. The lowest BCUT2D eigenvalue weighted by Gasteiger charge is -2.09. The fourth-order valence-electron chi connectivity index (χ4n) is 1.72. The first-order valence-electron chi connectivity index (χ1n) is 6.24. The molecule has 1 aromatic heterocycles. The van der Waals surface area contributed by atoms with Gasteiger partial charge in [-0.15, -0.1) is 0 Å². The quantitative estimate of drug-likeness (QED) is 0.861. The molecule has 19 heavy (non-hydrogen) atoms. The molecule has 0 aliphatic heterocycles. The molecule has 96 valence electrons. The average Bonchev–Trinajstić information content (AvgIpc) is 2.47. The molecule has 1 N–H and O–H groups in total. The fourth-order valence-corrected chi connectivity index (χ4v) is 1.72. The van der Waals surface area contributed by atoms with Crippen molar-refractivity contribution < 1.29 is 0 Å². The van der Waals surface area contributed by atoms with Gasteiger partial charge >= 0.3 is 0 Å². The Bertz CT molecular complexity index is 588. The standard InChI is InChI=1S/C16H17N3/c1-4-12(3)14-11-17-16(19-15(14)5-2)18-13-9-7-6-8-10-13/h5-11H,2-4H2,1H3,(H,17,18,19). The molecular weight excluding hydrogens is 234 g/mol. The summed E-state index contributed by atoms with van der Waals surface area (Å²) in [7, 11) is 0. The number of anilines is 2. The number of aromatic nitrogens is 2. The van der Waals surface area contributed by atoms with Crippen LogP contribution >= 0.6 is 0 Å². The largest absolute Gasteiger partial charge is 0.324 e. The summed E-state index contributed by atoms with van der Waals surface area (Å²) in [6.07, 6.45) is 4.39. The van der Waals surface area contributed by atoms with Crippen LogP contribution in [0.3, 0.4) is 0 Å². The molecule has 0 aliphatic rings. The lowest BCUT2D eigenvalue weighted by molar-refractivity contribution is 1.12. The highest BCUT2D eigenvalue weighted by atomic mass is 15.1. The molecule has 0 bridgehead atoms. The van der Waals surface area contributed by atoms with Gasteiger partial charge in [-0.1, -0.05) is 38.3 Å². The van der Waals surface area contributed by atoms with E-state index in [1.54, 1.807) is 12.3 Å². The van der Waals surface area contributed by atoms with Crippen LogP contribution in [-0.2, 0) is 0 Å². The van der Waals surface area contributed by atoms with Crippen LogP contribution in [0, 0.1) is 0 Å². The van der Waals surface area contributed by atoms with Crippen molar-refractivity contribution in [3.05, 3.63) is 60.9 Å². The maximum atomic E-state index is 4.45. The molecule has 0 unspecified atom stereocenters. The minimum absolute atomic E-state index is 0.564. The number of nitrogens with zero attached hydrogens (tertiary/aromatic N) is 2. The molecule has 0 atom stereocenters. The number of benzene rings is 1. The molecule has 0 amide bonds. The van der Waals surface area contributed by atoms with Crippen molar-refractivity contribution in [3.8, 4) is 0 Å². The van der Waals surface area contributed by atoms with Crippen LogP contribution in [0.5, 0.6) is 0 Å². The van der Waals surface area contributed by atoms with E-state index >= 15 is 0 Å². The first-order chi connectivity index (χ1) is 9.24. The third kappa shape index (κ3) is 3.07. The molecule has 3 heteroatoms. The normalized spacial score (nSPS) is 9.95. The number of rotatable bonds is 5. The van der Waals surface area contributed by atoms with Gasteiger partial charge in [0.15, 0.2) is 0 Å². The zero-order valence-corrected chi connectivity index (χ0v) is 11.1. The van der Waals surface area contributed by atoms with Gasteiger partial charge in [-0.25, -0.2) is 9.97 Å².